The molecule has 0 fully saturated rings. The molecule has 0 aliphatic heterocycles. The fourth-order valence-corrected chi connectivity index (χ4v) is 5.31. The van der Waals surface area contributed by atoms with Gasteiger partial charge in [0.25, 0.3) is 10.0 Å². The third kappa shape index (κ3) is 7.41. The zero-order chi connectivity index (χ0) is 27.5. The number of amides is 1. The fourth-order valence-electron chi connectivity index (χ4n) is 3.88. The Morgan fingerprint density at radius 1 is 0.947 bits per heavy atom. The number of carbonyl (C=O) groups is 1. The smallest absolute Gasteiger partial charge is 0.264 e. The van der Waals surface area contributed by atoms with Gasteiger partial charge in [-0.3, -0.25) is 9.10 Å². The lowest BCUT2D eigenvalue weighted by Crippen LogP contribution is -2.41. The number of para-hydroxylation sites is 1. The van der Waals surface area contributed by atoms with E-state index in [2.05, 4.69) is 12.2 Å². The van der Waals surface area contributed by atoms with E-state index in [4.69, 9.17) is 14.2 Å². The van der Waals surface area contributed by atoms with Gasteiger partial charge in [0.1, 0.15) is 23.8 Å². The molecule has 0 saturated carbocycles. The first-order chi connectivity index (χ1) is 18.3. The van der Waals surface area contributed by atoms with Crippen LogP contribution in [0.1, 0.15) is 30.9 Å². The number of benzene rings is 3. The van der Waals surface area contributed by atoms with Gasteiger partial charge >= 0.3 is 0 Å². The highest BCUT2D eigenvalue weighted by Crippen LogP contribution is 2.35. The van der Waals surface area contributed by atoms with Crippen LogP contribution in [0.15, 0.2) is 71.6 Å². The van der Waals surface area contributed by atoms with Gasteiger partial charge in [-0.2, -0.15) is 0 Å². The van der Waals surface area contributed by atoms with Crippen LogP contribution in [0.25, 0.3) is 0 Å². The van der Waals surface area contributed by atoms with Gasteiger partial charge in [0, 0.05) is 12.6 Å². The molecule has 0 aromatic heterocycles. The summed E-state index contributed by atoms with van der Waals surface area (Å²) in [6.45, 7) is 4.54. The van der Waals surface area contributed by atoms with Crippen molar-refractivity contribution in [2.24, 2.45) is 0 Å². The van der Waals surface area contributed by atoms with Crippen molar-refractivity contribution in [3.05, 3.63) is 77.9 Å². The Morgan fingerprint density at radius 3 is 2.37 bits per heavy atom. The molecule has 3 aromatic carbocycles. The number of aryl methyl sites for hydroxylation is 2. The Morgan fingerprint density at radius 2 is 1.68 bits per heavy atom. The fraction of sp³-hybridized carbons (Fsp3) is 0.345. The molecular formula is C29H36N2O6S. The van der Waals surface area contributed by atoms with E-state index in [0.29, 0.717) is 31.1 Å². The van der Waals surface area contributed by atoms with Crippen molar-refractivity contribution in [2.45, 2.75) is 38.0 Å². The predicted octanol–water partition coefficient (Wildman–Crippen LogP) is 4.75. The number of ether oxygens (including phenoxy) is 3. The number of hydrogen-bond acceptors (Lipinski definition) is 6. The largest absolute Gasteiger partial charge is 0.497 e. The average molecular weight is 541 g/mol. The maximum atomic E-state index is 13.7. The quantitative estimate of drug-likeness (QED) is 0.297. The minimum atomic E-state index is -4.09. The Labute approximate surface area is 225 Å². The summed E-state index contributed by atoms with van der Waals surface area (Å²) in [5.41, 5.74) is 2.21. The summed E-state index contributed by atoms with van der Waals surface area (Å²) in [5, 5.41) is 2.86. The zero-order valence-electron chi connectivity index (χ0n) is 22.4. The third-order valence-corrected chi connectivity index (χ3v) is 7.70. The number of carbonyl (C=O) groups excluding carboxylic acids is 1. The van der Waals surface area contributed by atoms with Crippen molar-refractivity contribution in [3.8, 4) is 17.2 Å². The Kier molecular flexibility index (Phi) is 10.4. The number of nitrogens with one attached hydrogen (secondary N) is 1. The van der Waals surface area contributed by atoms with E-state index >= 15 is 0 Å². The van der Waals surface area contributed by atoms with Crippen LogP contribution < -0.4 is 23.8 Å². The normalized spacial score (nSPS) is 11.1. The van der Waals surface area contributed by atoms with Crippen LogP contribution in [0.3, 0.4) is 0 Å². The van der Waals surface area contributed by atoms with Gasteiger partial charge in [-0.05, 0) is 62.1 Å². The number of anilines is 1. The van der Waals surface area contributed by atoms with Crippen molar-refractivity contribution >= 4 is 21.6 Å². The molecule has 0 bridgehead atoms. The van der Waals surface area contributed by atoms with Gasteiger partial charge in [-0.25, -0.2) is 8.42 Å². The lowest BCUT2D eigenvalue weighted by Gasteiger charge is -2.26. The summed E-state index contributed by atoms with van der Waals surface area (Å²) in [4.78, 5) is 13.1. The van der Waals surface area contributed by atoms with E-state index < -0.39 is 22.5 Å². The minimum absolute atomic E-state index is 0.0736. The second-order valence-electron chi connectivity index (χ2n) is 8.77. The second-order valence-corrected chi connectivity index (χ2v) is 10.6. The summed E-state index contributed by atoms with van der Waals surface area (Å²) in [6.07, 6.45) is 2.31. The van der Waals surface area contributed by atoms with Crippen LogP contribution in [0.5, 0.6) is 17.2 Å². The minimum Gasteiger partial charge on any atom is -0.497 e. The Hall–Kier alpha value is -3.72. The van der Waals surface area contributed by atoms with E-state index in [0.717, 1.165) is 34.0 Å². The van der Waals surface area contributed by atoms with E-state index in [9.17, 15) is 13.2 Å². The van der Waals surface area contributed by atoms with Crippen molar-refractivity contribution in [1.82, 2.24) is 5.32 Å². The van der Waals surface area contributed by atoms with Crippen LogP contribution in [0, 0.1) is 6.92 Å². The van der Waals surface area contributed by atoms with Crippen LogP contribution in [0.4, 0.5) is 5.69 Å². The zero-order valence-corrected chi connectivity index (χ0v) is 23.2. The summed E-state index contributed by atoms with van der Waals surface area (Å²) < 4.78 is 45.1. The molecule has 1 amide bonds. The van der Waals surface area contributed by atoms with Crippen molar-refractivity contribution in [3.63, 3.8) is 0 Å². The average Bonchev–Trinajstić information content (AvgIpc) is 2.93. The molecule has 38 heavy (non-hydrogen) atoms. The first-order valence-electron chi connectivity index (χ1n) is 12.6. The monoisotopic (exact) mass is 540 g/mol. The van der Waals surface area contributed by atoms with Crippen LogP contribution in [0.2, 0.25) is 0 Å². The molecule has 0 spiro atoms. The van der Waals surface area contributed by atoms with Gasteiger partial charge in [0.2, 0.25) is 5.91 Å². The molecule has 9 heteroatoms. The Balaban J connectivity index is 1.77. The topological polar surface area (TPSA) is 94.2 Å². The highest BCUT2D eigenvalue weighted by Gasteiger charge is 2.30. The molecule has 0 saturated heterocycles. The Bertz CT molecular complexity index is 1310. The molecule has 204 valence electrons. The first-order valence-corrected chi connectivity index (χ1v) is 14.0. The van der Waals surface area contributed by atoms with Gasteiger partial charge in [-0.1, -0.05) is 42.8 Å². The van der Waals surface area contributed by atoms with Gasteiger partial charge in [0.15, 0.2) is 0 Å². The molecular weight excluding hydrogens is 504 g/mol. The van der Waals surface area contributed by atoms with Gasteiger partial charge in [-0.15, -0.1) is 0 Å². The summed E-state index contributed by atoms with van der Waals surface area (Å²) in [6, 6.07) is 19.2. The van der Waals surface area contributed by atoms with E-state index in [1.54, 1.807) is 30.3 Å². The van der Waals surface area contributed by atoms with Gasteiger partial charge in [0.05, 0.1) is 31.4 Å². The standard InChI is InChI=1S/C29H36N2O6S/c1-5-19-37-27-11-7-6-9-23(27)10-8-18-30-29(32)21-31(26-20-24(35-3)14-17-28(26)36-4)38(33,34)25-15-12-22(2)13-16-25/h6-7,9,11-17,20H,5,8,10,18-19,21H2,1-4H3,(H,30,32). The van der Waals surface area contributed by atoms with E-state index in [1.807, 2.05) is 31.2 Å². The summed E-state index contributed by atoms with van der Waals surface area (Å²) in [5.74, 6) is 1.16. The highest BCUT2D eigenvalue weighted by atomic mass is 32.2. The molecule has 0 heterocycles. The van der Waals surface area contributed by atoms with Crippen LogP contribution >= 0.6 is 0 Å². The first kappa shape index (κ1) is 28.8. The van der Waals surface area contributed by atoms with E-state index in [1.165, 1.54) is 26.4 Å². The van der Waals surface area contributed by atoms with Crippen molar-refractivity contribution in [2.75, 3.05) is 38.2 Å². The predicted molar refractivity (Wildman–Crippen MR) is 149 cm³/mol. The molecule has 3 aromatic rings. The third-order valence-electron chi connectivity index (χ3n) is 5.93. The molecule has 0 radical (unpaired) electrons. The summed E-state index contributed by atoms with van der Waals surface area (Å²) >= 11 is 0. The molecule has 0 unspecified atom stereocenters. The van der Waals surface area contributed by atoms with Crippen molar-refractivity contribution in [1.29, 1.82) is 0 Å². The highest BCUT2D eigenvalue weighted by molar-refractivity contribution is 7.92. The number of nitrogens with zero attached hydrogens (tertiary/aromatic N) is 1. The maximum Gasteiger partial charge on any atom is 0.264 e. The molecule has 1 N–H and O–H groups in total. The molecule has 0 aliphatic rings. The second kappa shape index (κ2) is 13.7. The molecule has 3 rings (SSSR count). The SMILES string of the molecule is CCCOc1ccccc1CCCNC(=O)CN(c1cc(OC)ccc1OC)S(=O)(=O)c1ccc(C)cc1. The van der Waals surface area contributed by atoms with Crippen LogP contribution in [-0.2, 0) is 21.2 Å². The van der Waals surface area contributed by atoms with E-state index in [-0.39, 0.29) is 10.6 Å². The van der Waals surface area contributed by atoms with Crippen LogP contribution in [-0.4, -0.2) is 48.2 Å². The van der Waals surface area contributed by atoms with Crippen molar-refractivity contribution < 1.29 is 27.4 Å². The number of sulfonamides is 1. The lowest BCUT2D eigenvalue weighted by molar-refractivity contribution is -0.119. The molecule has 0 atom stereocenters. The lowest BCUT2D eigenvalue weighted by atomic mass is 10.1. The number of hydrogen-bond donors (Lipinski definition) is 1. The van der Waals surface area contributed by atoms with Gasteiger partial charge < -0.3 is 19.5 Å². The molecule has 8 nitrogen and oxygen atoms in total. The molecule has 0 aliphatic carbocycles. The number of rotatable bonds is 14. The maximum absolute atomic E-state index is 13.7. The summed E-state index contributed by atoms with van der Waals surface area (Å²) in [7, 11) is -1.15. The number of methoxy groups -OCH3 is 2.